The SMILES string of the molecule is CCC=Cc1ccc([SH](=O)=O)cc1. The molecule has 0 heterocycles. The largest absolute Gasteiger partial charge is 0.227 e. The van der Waals surface area contributed by atoms with Crippen LogP contribution in [0.25, 0.3) is 6.08 Å². The maximum atomic E-state index is 10.5. The van der Waals surface area contributed by atoms with Crippen molar-refractivity contribution in [3.63, 3.8) is 0 Å². The lowest BCUT2D eigenvalue weighted by molar-refractivity contribution is 0.614. The molecule has 0 aromatic heterocycles. The highest BCUT2D eigenvalue weighted by molar-refractivity contribution is 7.72. The first-order valence-electron chi connectivity index (χ1n) is 4.15. The Morgan fingerprint density at radius 3 is 2.31 bits per heavy atom. The molecule has 0 bridgehead atoms. The Morgan fingerprint density at radius 2 is 1.85 bits per heavy atom. The molecule has 0 atom stereocenters. The van der Waals surface area contributed by atoms with Crippen molar-refractivity contribution in [3.05, 3.63) is 35.9 Å². The molecule has 0 N–H and O–H groups in total. The van der Waals surface area contributed by atoms with Crippen LogP contribution in [0, 0.1) is 0 Å². The zero-order valence-corrected chi connectivity index (χ0v) is 8.33. The first-order chi connectivity index (χ1) is 6.24. The van der Waals surface area contributed by atoms with E-state index in [1.165, 1.54) is 0 Å². The fourth-order valence-electron chi connectivity index (χ4n) is 0.961. The van der Waals surface area contributed by atoms with E-state index in [1.54, 1.807) is 24.3 Å². The van der Waals surface area contributed by atoms with Gasteiger partial charge in [0.25, 0.3) is 0 Å². The Labute approximate surface area is 79.9 Å². The van der Waals surface area contributed by atoms with Gasteiger partial charge in [0.2, 0.25) is 0 Å². The van der Waals surface area contributed by atoms with Gasteiger partial charge in [-0.3, -0.25) is 0 Å². The lowest BCUT2D eigenvalue weighted by Crippen LogP contribution is -1.79. The number of rotatable bonds is 3. The lowest BCUT2D eigenvalue weighted by Gasteiger charge is -1.93. The third-order valence-electron chi connectivity index (χ3n) is 1.65. The maximum Gasteiger partial charge on any atom is 0.168 e. The Bertz CT molecular complexity index is 353. The smallest absolute Gasteiger partial charge is 0.168 e. The molecule has 0 aliphatic carbocycles. The van der Waals surface area contributed by atoms with Gasteiger partial charge in [-0.2, -0.15) is 0 Å². The van der Waals surface area contributed by atoms with Crippen LogP contribution in [-0.4, -0.2) is 8.42 Å². The van der Waals surface area contributed by atoms with Crippen molar-refractivity contribution in [3.8, 4) is 0 Å². The van der Waals surface area contributed by atoms with Gasteiger partial charge in [0.05, 0.1) is 4.90 Å². The molecular formula is C10H12O2S. The van der Waals surface area contributed by atoms with E-state index < -0.39 is 10.7 Å². The number of benzene rings is 1. The summed E-state index contributed by atoms with van der Waals surface area (Å²) >= 11 is 0. The van der Waals surface area contributed by atoms with Gasteiger partial charge in [-0.1, -0.05) is 31.2 Å². The summed E-state index contributed by atoms with van der Waals surface area (Å²) in [6, 6.07) is 6.82. The molecule has 1 aromatic rings. The average molecular weight is 196 g/mol. The summed E-state index contributed by atoms with van der Waals surface area (Å²) in [5, 5.41) is 0. The molecule has 2 nitrogen and oxygen atoms in total. The summed E-state index contributed by atoms with van der Waals surface area (Å²) in [5.41, 5.74) is 1.03. The highest BCUT2D eigenvalue weighted by atomic mass is 32.2. The van der Waals surface area contributed by atoms with E-state index in [9.17, 15) is 8.42 Å². The standard InChI is InChI=1S/C10H12O2S/c1-2-3-4-9-5-7-10(8-6-9)13(11)12/h3-8,13H,2H2,1H3. The van der Waals surface area contributed by atoms with Gasteiger partial charge in [0, 0.05) is 0 Å². The van der Waals surface area contributed by atoms with Crippen molar-refractivity contribution < 1.29 is 8.42 Å². The second-order valence-corrected chi connectivity index (χ2v) is 3.69. The van der Waals surface area contributed by atoms with E-state index in [0.29, 0.717) is 4.90 Å². The molecule has 70 valence electrons. The van der Waals surface area contributed by atoms with Crippen LogP contribution < -0.4 is 0 Å². The molecule has 0 radical (unpaired) electrons. The van der Waals surface area contributed by atoms with E-state index >= 15 is 0 Å². The quantitative estimate of drug-likeness (QED) is 0.751. The van der Waals surface area contributed by atoms with Crippen molar-refractivity contribution in [1.82, 2.24) is 0 Å². The maximum absolute atomic E-state index is 10.5. The van der Waals surface area contributed by atoms with E-state index in [1.807, 2.05) is 12.2 Å². The first-order valence-corrected chi connectivity index (χ1v) is 5.32. The number of hydrogen-bond donors (Lipinski definition) is 1. The summed E-state index contributed by atoms with van der Waals surface area (Å²) in [6.45, 7) is 2.05. The van der Waals surface area contributed by atoms with E-state index in [2.05, 4.69) is 6.92 Å². The molecule has 0 spiro atoms. The molecule has 3 heteroatoms. The predicted octanol–water partition coefficient (Wildman–Crippen LogP) is 2.08. The van der Waals surface area contributed by atoms with Gasteiger partial charge in [-0.05, 0) is 24.1 Å². The highest BCUT2D eigenvalue weighted by Crippen LogP contribution is 2.07. The second-order valence-electron chi connectivity index (χ2n) is 2.66. The third kappa shape index (κ3) is 3.03. The van der Waals surface area contributed by atoms with Crippen molar-refractivity contribution in [2.45, 2.75) is 18.2 Å². The van der Waals surface area contributed by atoms with Crippen molar-refractivity contribution >= 4 is 16.8 Å². The van der Waals surface area contributed by atoms with Crippen LogP contribution in [0.15, 0.2) is 35.2 Å². The first kappa shape index (κ1) is 9.99. The fourth-order valence-corrected chi connectivity index (χ4v) is 1.35. The molecule has 0 aliphatic rings. The van der Waals surface area contributed by atoms with Crippen LogP contribution in [-0.2, 0) is 10.7 Å². The molecule has 13 heavy (non-hydrogen) atoms. The van der Waals surface area contributed by atoms with Crippen LogP contribution in [0.2, 0.25) is 0 Å². The van der Waals surface area contributed by atoms with E-state index in [4.69, 9.17) is 0 Å². The minimum Gasteiger partial charge on any atom is -0.227 e. The minimum absolute atomic E-state index is 0.364. The lowest BCUT2D eigenvalue weighted by atomic mass is 10.2. The Morgan fingerprint density at radius 1 is 1.23 bits per heavy atom. The fraction of sp³-hybridized carbons (Fsp3) is 0.200. The van der Waals surface area contributed by atoms with E-state index in [0.717, 1.165) is 12.0 Å². The summed E-state index contributed by atoms with van der Waals surface area (Å²) in [6.07, 6.45) is 4.99. The van der Waals surface area contributed by atoms with Gasteiger partial charge >= 0.3 is 0 Å². The van der Waals surface area contributed by atoms with Gasteiger partial charge in [0.15, 0.2) is 10.7 Å². The monoisotopic (exact) mass is 196 g/mol. The Kier molecular flexibility index (Phi) is 3.71. The molecule has 0 unspecified atom stereocenters. The third-order valence-corrected chi connectivity index (χ3v) is 2.37. The number of hydrogen-bond acceptors (Lipinski definition) is 2. The molecule has 0 saturated carbocycles. The molecule has 1 rings (SSSR count). The minimum atomic E-state index is -2.44. The Balaban J connectivity index is 2.87. The average Bonchev–Trinajstić information content (AvgIpc) is 2.15. The van der Waals surface area contributed by atoms with Crippen molar-refractivity contribution in [2.75, 3.05) is 0 Å². The predicted molar refractivity (Wildman–Crippen MR) is 54.3 cm³/mol. The summed E-state index contributed by atoms with van der Waals surface area (Å²) in [5.74, 6) is 0. The van der Waals surface area contributed by atoms with Gasteiger partial charge in [-0.25, -0.2) is 8.42 Å². The van der Waals surface area contributed by atoms with Crippen LogP contribution in [0.4, 0.5) is 0 Å². The van der Waals surface area contributed by atoms with Gasteiger partial charge in [-0.15, -0.1) is 0 Å². The zero-order chi connectivity index (χ0) is 9.68. The molecule has 0 aliphatic heterocycles. The topological polar surface area (TPSA) is 34.1 Å². The molecule has 0 saturated heterocycles. The van der Waals surface area contributed by atoms with Gasteiger partial charge in [0.1, 0.15) is 0 Å². The number of allylic oxidation sites excluding steroid dienone is 1. The summed E-state index contributed by atoms with van der Waals surface area (Å²) in [7, 11) is -2.44. The summed E-state index contributed by atoms with van der Waals surface area (Å²) in [4.78, 5) is 0.364. The molecule has 0 amide bonds. The zero-order valence-electron chi connectivity index (χ0n) is 7.43. The normalized spacial score (nSPS) is 11.2. The summed E-state index contributed by atoms with van der Waals surface area (Å²) < 4.78 is 21.1. The molecule has 1 aromatic carbocycles. The molecule has 0 fully saturated rings. The van der Waals surface area contributed by atoms with Gasteiger partial charge < -0.3 is 0 Å². The van der Waals surface area contributed by atoms with Crippen molar-refractivity contribution in [1.29, 1.82) is 0 Å². The Hall–Kier alpha value is -1.09. The van der Waals surface area contributed by atoms with Crippen LogP contribution in [0.1, 0.15) is 18.9 Å². The van der Waals surface area contributed by atoms with Crippen molar-refractivity contribution in [2.24, 2.45) is 0 Å². The van der Waals surface area contributed by atoms with Crippen LogP contribution >= 0.6 is 0 Å². The second kappa shape index (κ2) is 4.82. The molecular weight excluding hydrogens is 184 g/mol. The highest BCUT2D eigenvalue weighted by Gasteiger charge is 1.92. The van der Waals surface area contributed by atoms with Crippen LogP contribution in [0.3, 0.4) is 0 Å². The van der Waals surface area contributed by atoms with Crippen LogP contribution in [0.5, 0.6) is 0 Å². The number of thiol groups is 1. The van der Waals surface area contributed by atoms with E-state index in [-0.39, 0.29) is 0 Å².